The fourth-order valence-electron chi connectivity index (χ4n) is 4.99. The molecule has 34 heavy (non-hydrogen) atoms. The van der Waals surface area contributed by atoms with Crippen molar-refractivity contribution in [1.29, 1.82) is 2.60 Å². The molecule has 0 unspecified atom stereocenters. The van der Waals surface area contributed by atoms with Crippen molar-refractivity contribution in [3.05, 3.63) is 60.2 Å². The van der Waals surface area contributed by atoms with E-state index in [-0.39, 0.29) is 24.8 Å². The minimum Gasteiger partial charge on any atom is -0.400 e. The van der Waals surface area contributed by atoms with Crippen LogP contribution >= 0.6 is 12.3 Å². The van der Waals surface area contributed by atoms with Crippen LogP contribution in [0.2, 0.25) is 0 Å². The summed E-state index contributed by atoms with van der Waals surface area (Å²) < 4.78 is 24.4. The van der Waals surface area contributed by atoms with Gasteiger partial charge < -0.3 is 15.1 Å². The Hall–Kier alpha value is -2.40. The van der Waals surface area contributed by atoms with Gasteiger partial charge in [0.1, 0.15) is 1.17 Å². The zero-order valence-electron chi connectivity index (χ0n) is 24.1. The molecule has 4 aromatic rings. The Morgan fingerprint density at radius 1 is 1.09 bits per heavy atom. The number of carbonyl (C=O) groups excluding carboxylic acids is 1. The molecule has 2 N–H and O–H groups in total. The van der Waals surface area contributed by atoms with E-state index in [0.29, 0.717) is 19.5 Å². The maximum absolute atomic E-state index is 12.7. The van der Waals surface area contributed by atoms with Crippen LogP contribution < -0.4 is 0 Å². The van der Waals surface area contributed by atoms with E-state index in [0.717, 1.165) is 25.7 Å². The second-order valence-electron chi connectivity index (χ2n) is 8.97. The normalized spacial score (nSPS) is 16.1. The minimum absolute atomic E-state index is 0.0488. The summed E-state index contributed by atoms with van der Waals surface area (Å²) in [6, 6.07) is 19.8. The van der Waals surface area contributed by atoms with Gasteiger partial charge in [0, 0.05) is 36.0 Å². The molecule has 0 saturated carbocycles. The van der Waals surface area contributed by atoms with Gasteiger partial charge in [0.05, 0.1) is 0 Å². The fraction of sp³-hybridized carbons (Fsp3) is 0.414. The molecule has 4 nitrogen and oxygen atoms in total. The van der Waals surface area contributed by atoms with Crippen molar-refractivity contribution in [2.75, 3.05) is 26.8 Å². The van der Waals surface area contributed by atoms with Crippen LogP contribution in [0.3, 0.4) is 0 Å². The van der Waals surface area contributed by atoms with E-state index in [1.807, 2.05) is 4.90 Å². The maximum Gasteiger partial charge on any atom is 0.222 e. The predicted octanol–water partition coefficient (Wildman–Crippen LogP) is 6.19. The van der Waals surface area contributed by atoms with Gasteiger partial charge in [0.25, 0.3) is 0 Å². The molecule has 0 spiro atoms. The molecule has 4 aromatic carbocycles. The van der Waals surface area contributed by atoms with Crippen LogP contribution in [-0.4, -0.2) is 50.4 Å². The molecule has 1 amide bonds. The second kappa shape index (κ2) is 11.8. The highest BCUT2D eigenvalue weighted by Crippen LogP contribution is 2.36. The average Bonchev–Trinajstić information content (AvgIpc) is 2.99. The van der Waals surface area contributed by atoms with Crippen LogP contribution in [0.1, 0.15) is 48.3 Å². The molecular formula is C29H38ClNO3. The highest BCUT2D eigenvalue weighted by molar-refractivity contribution is 6.23. The van der Waals surface area contributed by atoms with Crippen molar-refractivity contribution < 1.29 is 17.8 Å². The topological polar surface area (TPSA) is 60.8 Å². The highest BCUT2D eigenvalue weighted by atomic mass is 35.5. The van der Waals surface area contributed by atoms with E-state index in [9.17, 15) is 9.90 Å². The van der Waals surface area contributed by atoms with Crippen LogP contribution in [0.25, 0.3) is 32.3 Å². The van der Waals surface area contributed by atoms with Crippen LogP contribution in [-0.2, 0) is 11.2 Å². The summed E-state index contributed by atoms with van der Waals surface area (Å²) >= 11 is 3.89. The third kappa shape index (κ3) is 5.30. The first kappa shape index (κ1) is 22.1. The Bertz CT molecular complexity index is 1240. The Labute approximate surface area is 214 Å². The number of carbonyl (C=O) groups is 1. The summed E-state index contributed by atoms with van der Waals surface area (Å²) in [5, 5.41) is 20.9. The van der Waals surface area contributed by atoms with E-state index in [2.05, 4.69) is 72.0 Å². The number of benzene rings is 4. The van der Waals surface area contributed by atoms with Gasteiger partial charge in [0.15, 0.2) is 0 Å². The van der Waals surface area contributed by atoms with Gasteiger partial charge in [0.2, 0.25) is 7.34 Å². The number of amides is 1. The molecule has 0 bridgehead atoms. The first-order valence-corrected chi connectivity index (χ1v) is 11.4. The Morgan fingerprint density at radius 2 is 1.68 bits per heavy atom. The van der Waals surface area contributed by atoms with Gasteiger partial charge in [-0.1, -0.05) is 68.9 Å². The van der Waals surface area contributed by atoms with E-state index in [1.54, 1.807) is 0 Å². The number of aliphatic hydroxyl groups is 2. The lowest BCUT2D eigenvalue weighted by atomic mass is 9.81. The molecule has 1 aliphatic heterocycles. The number of aliphatic hydroxyl groups excluding tert-OH is 2. The van der Waals surface area contributed by atoms with Gasteiger partial charge in [-0.05, 0) is 69.0 Å². The third-order valence-electron chi connectivity index (χ3n) is 6.97. The number of aryl methyl sites for hydroxylation is 1. The summed E-state index contributed by atoms with van der Waals surface area (Å²) in [6.45, 7) is 1.61. The van der Waals surface area contributed by atoms with E-state index in [1.165, 1.54) is 52.4 Å². The van der Waals surface area contributed by atoms with E-state index >= 15 is 0 Å². The molecular weight excluding hydrogens is 446 g/mol. The molecule has 1 heterocycles. The summed E-state index contributed by atoms with van der Waals surface area (Å²) in [6.07, 6.45) is 3.74. The lowest BCUT2D eigenvalue weighted by molar-refractivity contribution is -0.133. The molecule has 1 saturated heterocycles. The Balaban J connectivity index is 0.000000665. The van der Waals surface area contributed by atoms with Gasteiger partial charge in [-0.15, -0.1) is 12.3 Å². The van der Waals surface area contributed by atoms with Crippen molar-refractivity contribution in [2.24, 2.45) is 5.41 Å². The second-order valence-corrected chi connectivity index (χ2v) is 8.97. The molecule has 5 heteroatoms. The molecule has 5 rings (SSSR count). The SMILES string of the molecule is [3H]C.[3H]CC1(CO)CCN(C(=O)CCCc2ccc3ccc4cccc5ccc2c3c45)CC1.[3H]Cl.[3H]OC. The minimum atomic E-state index is -0.307. The van der Waals surface area contributed by atoms with Crippen LogP contribution in [0.15, 0.2) is 54.6 Å². The number of nitrogens with zero attached hydrogens (tertiary/aromatic N) is 1. The van der Waals surface area contributed by atoms with Crippen molar-refractivity contribution in [3.8, 4) is 0 Å². The lowest BCUT2D eigenvalue weighted by Gasteiger charge is -2.38. The van der Waals surface area contributed by atoms with Gasteiger partial charge in [-0.25, -0.2) is 0 Å². The fourth-order valence-corrected chi connectivity index (χ4v) is 4.99. The summed E-state index contributed by atoms with van der Waals surface area (Å²) in [5.41, 5.74) is 1.00. The molecule has 0 aliphatic carbocycles. The Kier molecular flexibility index (Phi) is 7.69. The van der Waals surface area contributed by atoms with Gasteiger partial charge >= 0.3 is 0 Å². The Morgan fingerprint density at radius 3 is 2.29 bits per heavy atom. The quantitative estimate of drug-likeness (QED) is 0.327. The monoisotopic (exact) mass is 491 g/mol. The van der Waals surface area contributed by atoms with E-state index in [4.69, 9.17) is 5.35 Å². The molecule has 0 radical (unpaired) electrons. The molecule has 184 valence electrons. The number of likely N-dealkylation sites (tertiary alicyclic amines) is 1. The van der Waals surface area contributed by atoms with Crippen LogP contribution in [0.5, 0.6) is 0 Å². The average molecular weight is 492 g/mol. The van der Waals surface area contributed by atoms with Crippen molar-refractivity contribution >= 4 is 50.5 Å². The smallest absolute Gasteiger partial charge is 0.222 e. The highest BCUT2D eigenvalue weighted by Gasteiger charge is 2.30. The number of rotatable bonds is 5. The maximum atomic E-state index is 12.7. The first-order valence-electron chi connectivity index (χ1n) is 13.9. The van der Waals surface area contributed by atoms with E-state index < -0.39 is 0 Å². The molecule has 0 atom stereocenters. The third-order valence-corrected chi connectivity index (χ3v) is 6.97. The van der Waals surface area contributed by atoms with Crippen molar-refractivity contribution in [1.82, 2.24) is 4.90 Å². The number of halogens is 1. The van der Waals surface area contributed by atoms with Crippen LogP contribution in [0.4, 0.5) is 0 Å². The number of hydrogen-bond acceptors (Lipinski definition) is 3. The number of hydrogen-bond donors (Lipinski definition) is 2. The lowest BCUT2D eigenvalue weighted by Crippen LogP contribution is -2.43. The first-order chi connectivity index (χ1) is 18.6. The predicted molar refractivity (Wildman–Crippen MR) is 146 cm³/mol. The molecule has 1 fully saturated rings. The summed E-state index contributed by atoms with van der Waals surface area (Å²) in [4.78, 5) is 14.7. The molecule has 1 aliphatic rings. The largest absolute Gasteiger partial charge is 0.400 e. The van der Waals surface area contributed by atoms with Gasteiger partial charge in [-0.3, -0.25) is 4.79 Å². The number of piperidine rings is 1. The van der Waals surface area contributed by atoms with Crippen molar-refractivity contribution in [3.63, 3.8) is 0 Å². The zero-order valence-corrected chi connectivity index (χ0v) is 20.9. The summed E-state index contributed by atoms with van der Waals surface area (Å²) in [5.74, 6) is 0.203. The van der Waals surface area contributed by atoms with Gasteiger partial charge in [-0.2, -0.15) is 0 Å². The summed E-state index contributed by atoms with van der Waals surface area (Å²) in [7, 11) is 2.54. The molecule has 0 aromatic heterocycles. The van der Waals surface area contributed by atoms with Crippen molar-refractivity contribution in [2.45, 2.75) is 46.4 Å². The van der Waals surface area contributed by atoms with Crippen LogP contribution in [0, 0.1) is 5.41 Å². The zero-order chi connectivity index (χ0) is 28.1. The standard InChI is InChI=1S/C27H29NO2.CH4O.CH4.ClH/c1-27(18-29)14-16-28(17-15-27)24(30)7-3-4-19-8-9-22-11-10-20-5-2-6-21-12-13-23(19)26(22)25(20)21;1-2;;/h2,5-6,8-13,29H,3-4,7,14-18H2,1H3;2H,1H3;1H4;1H/i1T;2T;1T;/hT.